The number of primary amides is 1. The number of urea groups is 1. The Bertz CT molecular complexity index is 2130. The number of unbranched alkanes of at least 4 members (excludes halogenated alkanes) is 2. The number of aliphatic hydroxyl groups excluding tert-OH is 1. The highest BCUT2D eigenvalue weighted by molar-refractivity contribution is 5.97. The van der Waals surface area contributed by atoms with E-state index >= 15 is 0 Å². The number of benzene rings is 1. The van der Waals surface area contributed by atoms with Gasteiger partial charge in [-0.3, -0.25) is 34.2 Å². The number of hydrogen-bond donors (Lipinski definition) is 10. The Kier molecular flexibility index (Phi) is 24.3. The standard InChI is InChI=1S/C50H75N9O14/c1-30(12-19-40-31(2)24-39(33(4)72-40)57-43(62)21-14-32(3)71-34(5)60)13-20-41-46(65)50(29-70-50)26-37(73-41)25-44(63)58-59-49(68)69-28-35-15-17-36(18-16-35)55-47(66)38(10-9-23-53-48(52)67)56-45(64)27-54-42(61)11-7-6-8-22-51/h12-18,20-21,31-33,37-41,46,65H,6-11,19,22-29,51H2,1-5H3,(H,54,61)(H,55,66)(H,56,64)(H,57,62)(H,58,63)(H,59,68)(H3,52,53,67)/b20-13+,21-14-,30-12+/t31?,32?,33?,37-,38?,39?,40?,41?,46-,50?/m1/s1. The van der Waals surface area contributed by atoms with Gasteiger partial charge in [-0.1, -0.05) is 49.3 Å². The number of esters is 1. The molecule has 3 heterocycles. The third kappa shape index (κ3) is 21.7. The Hall–Kier alpha value is -6.40. The van der Waals surface area contributed by atoms with Gasteiger partial charge in [-0.05, 0) is 95.5 Å². The normalized spacial score (nSPS) is 24.4. The molecule has 0 bridgehead atoms. The van der Waals surface area contributed by atoms with E-state index in [0.29, 0.717) is 50.1 Å². The number of hydrogen-bond acceptors (Lipinski definition) is 15. The van der Waals surface area contributed by atoms with Crippen molar-refractivity contribution in [2.45, 2.75) is 160 Å². The molecule has 0 aromatic heterocycles. The smallest absolute Gasteiger partial charge is 0.426 e. The van der Waals surface area contributed by atoms with Crippen molar-refractivity contribution in [3.8, 4) is 0 Å². The summed E-state index contributed by atoms with van der Waals surface area (Å²) < 4.78 is 28.4. The summed E-state index contributed by atoms with van der Waals surface area (Å²) in [5.41, 5.74) is 16.1. The first-order chi connectivity index (χ1) is 34.7. The van der Waals surface area contributed by atoms with Gasteiger partial charge >= 0.3 is 18.1 Å². The monoisotopic (exact) mass is 1030 g/mol. The zero-order valence-corrected chi connectivity index (χ0v) is 42.4. The number of nitrogens with two attached hydrogens (primary N) is 2. The number of nitrogens with one attached hydrogen (secondary N) is 7. The van der Waals surface area contributed by atoms with E-state index in [-0.39, 0.29) is 81.4 Å². The molecule has 0 aliphatic carbocycles. The molecule has 3 fully saturated rings. The fraction of sp³-hybridized carbons (Fsp3) is 0.600. The second-order valence-corrected chi connectivity index (χ2v) is 18.7. The molecule has 23 nitrogen and oxygen atoms in total. The number of epoxide rings is 1. The molecule has 3 aliphatic rings. The summed E-state index contributed by atoms with van der Waals surface area (Å²) in [6, 6.07) is 4.41. The molecular formula is C50H75N9O14. The highest BCUT2D eigenvalue weighted by Crippen LogP contribution is 2.43. The van der Waals surface area contributed by atoms with Crippen LogP contribution in [0.2, 0.25) is 0 Å². The quantitative estimate of drug-likeness (QED) is 0.0158. The first-order valence-corrected chi connectivity index (χ1v) is 24.8. The van der Waals surface area contributed by atoms with Crippen molar-refractivity contribution < 1.29 is 67.1 Å². The van der Waals surface area contributed by atoms with Crippen molar-refractivity contribution >= 4 is 53.3 Å². The second kappa shape index (κ2) is 30.0. The third-order valence-electron chi connectivity index (χ3n) is 12.4. The van der Waals surface area contributed by atoms with Crippen LogP contribution >= 0.6 is 0 Å². The molecule has 10 atom stereocenters. The van der Waals surface area contributed by atoms with Gasteiger partial charge in [0.2, 0.25) is 29.5 Å². The molecule has 1 aromatic rings. The maximum absolute atomic E-state index is 13.2. The Labute approximate surface area is 426 Å². The lowest BCUT2D eigenvalue weighted by molar-refractivity contribution is -0.146. The minimum absolute atomic E-state index is 0.0928. The molecule has 1 aromatic carbocycles. The minimum Gasteiger partial charge on any atom is -0.459 e. The van der Waals surface area contributed by atoms with Crippen LogP contribution in [0.5, 0.6) is 0 Å². The van der Waals surface area contributed by atoms with E-state index in [1.165, 1.54) is 19.1 Å². The van der Waals surface area contributed by atoms with Gasteiger partial charge in [0.05, 0.1) is 43.9 Å². The van der Waals surface area contributed by atoms with Crippen LogP contribution in [0.15, 0.2) is 60.2 Å². The largest absolute Gasteiger partial charge is 0.459 e. The molecule has 404 valence electrons. The molecule has 4 rings (SSSR count). The first-order valence-electron chi connectivity index (χ1n) is 24.8. The molecule has 8 unspecified atom stereocenters. The highest BCUT2D eigenvalue weighted by atomic mass is 16.6. The maximum Gasteiger partial charge on any atom is 0.426 e. The van der Waals surface area contributed by atoms with Gasteiger partial charge in [-0.25, -0.2) is 15.0 Å². The van der Waals surface area contributed by atoms with Gasteiger partial charge < -0.3 is 66.8 Å². The van der Waals surface area contributed by atoms with Gasteiger partial charge in [-0.2, -0.15) is 0 Å². The molecule has 12 N–H and O–H groups in total. The summed E-state index contributed by atoms with van der Waals surface area (Å²) in [5, 5.41) is 24.4. The number of aliphatic hydroxyl groups is 1. The topological polar surface area (TPSA) is 342 Å². The fourth-order valence-corrected chi connectivity index (χ4v) is 8.27. The molecule has 0 radical (unpaired) electrons. The van der Waals surface area contributed by atoms with Crippen LogP contribution in [0.4, 0.5) is 15.3 Å². The predicted octanol–water partition coefficient (Wildman–Crippen LogP) is 1.83. The Morgan fingerprint density at radius 1 is 0.932 bits per heavy atom. The summed E-state index contributed by atoms with van der Waals surface area (Å²) in [6.45, 7) is 9.39. The Morgan fingerprint density at radius 2 is 1.67 bits per heavy atom. The van der Waals surface area contributed by atoms with Crippen molar-refractivity contribution in [2.24, 2.45) is 17.4 Å². The number of carbonyl (C=O) groups excluding carboxylic acids is 8. The Morgan fingerprint density at radius 3 is 2.36 bits per heavy atom. The lowest BCUT2D eigenvalue weighted by Crippen LogP contribution is -2.51. The van der Waals surface area contributed by atoms with Crippen LogP contribution in [0.1, 0.15) is 104 Å². The van der Waals surface area contributed by atoms with E-state index in [1.807, 2.05) is 26.0 Å². The van der Waals surface area contributed by atoms with Crippen LogP contribution in [0, 0.1) is 5.92 Å². The summed E-state index contributed by atoms with van der Waals surface area (Å²) in [4.78, 5) is 98.2. The average Bonchev–Trinajstić information content (AvgIpc) is 4.12. The van der Waals surface area contributed by atoms with E-state index in [1.54, 1.807) is 37.3 Å². The SMILES string of the molecule is CC(=O)OC(C)/C=C\C(=O)NC1CC(C)C(C/C=C(C)/C=C/C2O[C@H](CC(=O)NNC(=O)OCc3ccc(NC(=O)C(CCCNC(N)=O)NC(=O)CNC(=O)CCCCCN)cc3)CC3(CO3)[C@@H]2O)OC1C. The van der Waals surface area contributed by atoms with E-state index in [9.17, 15) is 43.5 Å². The third-order valence-corrected chi connectivity index (χ3v) is 12.4. The summed E-state index contributed by atoms with van der Waals surface area (Å²) in [7, 11) is 0. The number of ether oxygens (including phenoxy) is 5. The van der Waals surface area contributed by atoms with Crippen LogP contribution in [0.3, 0.4) is 0 Å². The summed E-state index contributed by atoms with van der Waals surface area (Å²) >= 11 is 0. The summed E-state index contributed by atoms with van der Waals surface area (Å²) in [6.07, 6.45) is 8.69. The lowest BCUT2D eigenvalue weighted by Gasteiger charge is -2.39. The van der Waals surface area contributed by atoms with E-state index in [2.05, 4.69) is 44.4 Å². The van der Waals surface area contributed by atoms with E-state index in [4.69, 9.17) is 35.2 Å². The van der Waals surface area contributed by atoms with Crippen molar-refractivity contribution in [1.29, 1.82) is 0 Å². The first kappa shape index (κ1) is 59.2. The van der Waals surface area contributed by atoms with Crippen LogP contribution in [-0.2, 0) is 59.1 Å². The van der Waals surface area contributed by atoms with Gasteiger partial charge in [-0.15, -0.1) is 0 Å². The van der Waals surface area contributed by atoms with Crippen LogP contribution in [-0.4, -0.2) is 133 Å². The highest BCUT2D eigenvalue weighted by Gasteiger charge is 2.58. The van der Waals surface area contributed by atoms with Gasteiger partial charge in [0.1, 0.15) is 36.6 Å². The molecule has 0 saturated carbocycles. The maximum atomic E-state index is 13.2. The van der Waals surface area contributed by atoms with Crippen molar-refractivity contribution in [1.82, 2.24) is 32.1 Å². The second-order valence-electron chi connectivity index (χ2n) is 18.7. The average molecular weight is 1030 g/mol. The molecule has 3 saturated heterocycles. The van der Waals surface area contributed by atoms with E-state index < -0.39 is 71.9 Å². The number of hydrazine groups is 1. The molecular weight excluding hydrogens is 951 g/mol. The molecule has 1 spiro atoms. The summed E-state index contributed by atoms with van der Waals surface area (Å²) in [5.74, 6) is -2.56. The Balaban J connectivity index is 1.19. The number of anilines is 1. The number of rotatable bonds is 26. The zero-order chi connectivity index (χ0) is 53.5. The fourth-order valence-electron chi connectivity index (χ4n) is 8.27. The van der Waals surface area contributed by atoms with Crippen LogP contribution in [0.25, 0.3) is 0 Å². The van der Waals surface area contributed by atoms with Gasteiger partial charge in [0.15, 0.2) is 0 Å². The van der Waals surface area contributed by atoms with Crippen molar-refractivity contribution in [2.75, 3.05) is 31.6 Å². The number of amides is 8. The minimum atomic E-state index is -1.01. The number of allylic oxidation sites excluding steroid dienone is 2. The molecule has 8 amide bonds. The van der Waals surface area contributed by atoms with Gasteiger partial charge in [0, 0.05) is 38.1 Å². The molecule has 23 heteroatoms. The van der Waals surface area contributed by atoms with Gasteiger partial charge in [0.25, 0.3) is 0 Å². The van der Waals surface area contributed by atoms with Crippen LogP contribution < -0.4 is 48.9 Å². The van der Waals surface area contributed by atoms with Crippen molar-refractivity contribution in [3.05, 3.63) is 65.8 Å². The molecule has 3 aliphatic heterocycles. The van der Waals surface area contributed by atoms with Crippen molar-refractivity contribution in [3.63, 3.8) is 0 Å². The lowest BCUT2D eigenvalue weighted by atomic mass is 9.87. The van der Waals surface area contributed by atoms with E-state index in [0.717, 1.165) is 18.4 Å². The zero-order valence-electron chi connectivity index (χ0n) is 42.4. The number of carbonyl (C=O) groups is 8. The molecule has 73 heavy (non-hydrogen) atoms. The predicted molar refractivity (Wildman–Crippen MR) is 266 cm³/mol.